The van der Waals surface area contributed by atoms with Crippen LogP contribution in [-0.4, -0.2) is 6.16 Å². The van der Waals surface area contributed by atoms with E-state index in [1.807, 2.05) is 18.2 Å². The highest BCUT2D eigenvalue weighted by Crippen LogP contribution is 2.36. The van der Waals surface area contributed by atoms with Gasteiger partial charge in [0.2, 0.25) is 0 Å². The Morgan fingerprint density at radius 2 is 0.865 bits per heavy atom. The van der Waals surface area contributed by atoms with Gasteiger partial charge < -0.3 is 14.4 Å². The molecule has 0 aliphatic rings. The van der Waals surface area contributed by atoms with E-state index in [-0.39, 0.29) is 0 Å². The van der Waals surface area contributed by atoms with Crippen molar-refractivity contribution >= 4 is 23.2 Å². The Hall–Kier alpha value is -4.83. The zero-order valence-electron chi connectivity index (χ0n) is 20.8. The van der Waals surface area contributed by atoms with Crippen molar-refractivity contribution in [1.82, 2.24) is 0 Å². The van der Waals surface area contributed by atoms with Gasteiger partial charge in [-0.2, -0.15) is 0 Å². The molecular weight excluding hydrogens is 458 g/mol. The SMILES string of the molecule is Cc1ccc(N(c2ccc(C)cc2)c2ccc(-c3ccc(OC(=O)Oc4ccccc4)cc3)cc2)cc1. The molecular formula is C33H27NO3. The number of hydrogen-bond donors (Lipinski definition) is 0. The number of nitrogens with zero attached hydrogens (tertiary/aromatic N) is 1. The van der Waals surface area contributed by atoms with E-state index in [4.69, 9.17) is 9.47 Å². The van der Waals surface area contributed by atoms with Crippen LogP contribution in [-0.2, 0) is 0 Å². The van der Waals surface area contributed by atoms with E-state index < -0.39 is 6.16 Å². The number of para-hydroxylation sites is 1. The smallest absolute Gasteiger partial charge is 0.395 e. The van der Waals surface area contributed by atoms with Gasteiger partial charge in [0.15, 0.2) is 0 Å². The Morgan fingerprint density at radius 1 is 0.486 bits per heavy atom. The maximum atomic E-state index is 12.1. The summed E-state index contributed by atoms with van der Waals surface area (Å²) in [6.07, 6.45) is -0.768. The van der Waals surface area contributed by atoms with E-state index in [9.17, 15) is 4.79 Å². The number of benzene rings is 5. The summed E-state index contributed by atoms with van der Waals surface area (Å²) in [4.78, 5) is 14.3. The van der Waals surface area contributed by atoms with Gasteiger partial charge in [0.25, 0.3) is 0 Å². The monoisotopic (exact) mass is 485 g/mol. The van der Waals surface area contributed by atoms with Crippen molar-refractivity contribution in [2.45, 2.75) is 13.8 Å². The van der Waals surface area contributed by atoms with E-state index in [0.29, 0.717) is 11.5 Å². The molecule has 0 unspecified atom stereocenters. The Balaban J connectivity index is 1.34. The maximum absolute atomic E-state index is 12.1. The molecule has 4 heteroatoms. The number of carbonyl (C=O) groups is 1. The number of anilines is 3. The first kappa shape index (κ1) is 23.9. The van der Waals surface area contributed by atoms with Gasteiger partial charge in [-0.25, -0.2) is 4.79 Å². The van der Waals surface area contributed by atoms with Crippen LogP contribution in [0, 0.1) is 13.8 Å². The second-order valence-electron chi connectivity index (χ2n) is 8.84. The molecule has 0 radical (unpaired) electrons. The molecule has 5 rings (SSSR count). The molecule has 5 aromatic carbocycles. The zero-order chi connectivity index (χ0) is 25.6. The molecule has 0 N–H and O–H groups in total. The van der Waals surface area contributed by atoms with Crippen molar-refractivity contribution in [2.24, 2.45) is 0 Å². The summed E-state index contributed by atoms with van der Waals surface area (Å²) in [5.41, 5.74) is 7.81. The molecule has 0 amide bonds. The lowest BCUT2D eigenvalue weighted by atomic mass is 10.0. The van der Waals surface area contributed by atoms with Crippen LogP contribution in [0.15, 0.2) is 127 Å². The van der Waals surface area contributed by atoms with Crippen LogP contribution in [0.2, 0.25) is 0 Å². The van der Waals surface area contributed by atoms with Gasteiger partial charge in [-0.15, -0.1) is 0 Å². The third-order valence-electron chi connectivity index (χ3n) is 6.04. The maximum Gasteiger partial charge on any atom is 0.519 e. The Kier molecular flexibility index (Phi) is 7.00. The highest BCUT2D eigenvalue weighted by atomic mass is 16.7. The van der Waals surface area contributed by atoms with Crippen LogP contribution < -0.4 is 14.4 Å². The lowest BCUT2D eigenvalue weighted by molar-refractivity contribution is 0.152. The average Bonchev–Trinajstić information content (AvgIpc) is 2.92. The summed E-state index contributed by atoms with van der Waals surface area (Å²) < 4.78 is 10.5. The number of aryl methyl sites for hydroxylation is 2. The molecule has 0 aliphatic heterocycles. The summed E-state index contributed by atoms with van der Waals surface area (Å²) in [6, 6.07) is 41.8. The second-order valence-corrected chi connectivity index (χ2v) is 8.84. The van der Waals surface area contributed by atoms with Crippen molar-refractivity contribution in [1.29, 1.82) is 0 Å². The topological polar surface area (TPSA) is 38.8 Å². The number of rotatable bonds is 6. The van der Waals surface area contributed by atoms with Gasteiger partial charge in [-0.3, -0.25) is 0 Å². The molecule has 0 saturated heterocycles. The predicted molar refractivity (Wildman–Crippen MR) is 149 cm³/mol. The minimum Gasteiger partial charge on any atom is -0.395 e. The minimum atomic E-state index is -0.768. The molecule has 0 spiro atoms. The van der Waals surface area contributed by atoms with Crippen LogP contribution in [0.3, 0.4) is 0 Å². The van der Waals surface area contributed by atoms with Crippen LogP contribution in [0.25, 0.3) is 11.1 Å². The molecule has 37 heavy (non-hydrogen) atoms. The van der Waals surface area contributed by atoms with Crippen molar-refractivity contribution < 1.29 is 14.3 Å². The first-order valence-electron chi connectivity index (χ1n) is 12.1. The molecule has 5 aromatic rings. The van der Waals surface area contributed by atoms with Crippen LogP contribution in [0.4, 0.5) is 21.9 Å². The highest BCUT2D eigenvalue weighted by molar-refractivity contribution is 5.78. The van der Waals surface area contributed by atoms with Crippen molar-refractivity contribution in [2.75, 3.05) is 4.90 Å². The standard InChI is InChI=1S/C33H27NO3/c1-24-8-16-28(17-9-24)34(29-18-10-25(2)11-19-29)30-20-12-26(13-21-30)27-14-22-32(23-15-27)37-33(35)36-31-6-4-3-5-7-31/h3-23H,1-2H3. The number of hydrogen-bond acceptors (Lipinski definition) is 4. The van der Waals surface area contributed by atoms with Gasteiger partial charge >= 0.3 is 6.16 Å². The highest BCUT2D eigenvalue weighted by Gasteiger charge is 2.13. The van der Waals surface area contributed by atoms with Crippen LogP contribution >= 0.6 is 0 Å². The summed E-state index contributed by atoms with van der Waals surface area (Å²) in [6.45, 7) is 4.19. The van der Waals surface area contributed by atoms with Crippen molar-refractivity contribution in [3.63, 3.8) is 0 Å². The molecule has 0 fully saturated rings. The fourth-order valence-electron chi connectivity index (χ4n) is 4.06. The van der Waals surface area contributed by atoms with E-state index in [0.717, 1.165) is 28.2 Å². The number of ether oxygens (including phenoxy) is 2. The van der Waals surface area contributed by atoms with Crippen LogP contribution in [0.5, 0.6) is 11.5 Å². The third kappa shape index (κ3) is 5.88. The van der Waals surface area contributed by atoms with Crippen molar-refractivity contribution in [3.8, 4) is 22.6 Å². The van der Waals surface area contributed by atoms with E-state index >= 15 is 0 Å². The first-order valence-corrected chi connectivity index (χ1v) is 12.1. The third-order valence-corrected chi connectivity index (χ3v) is 6.04. The predicted octanol–water partition coefficient (Wildman–Crippen LogP) is 9.02. The fourth-order valence-corrected chi connectivity index (χ4v) is 4.06. The van der Waals surface area contributed by atoms with Gasteiger partial charge in [0.05, 0.1) is 0 Å². The Labute approximate surface area is 217 Å². The minimum absolute atomic E-state index is 0.422. The Morgan fingerprint density at radius 3 is 1.32 bits per heavy atom. The normalized spacial score (nSPS) is 10.5. The summed E-state index contributed by atoms with van der Waals surface area (Å²) in [7, 11) is 0. The second kappa shape index (κ2) is 10.8. The molecule has 0 aromatic heterocycles. The van der Waals surface area contributed by atoms with Crippen molar-refractivity contribution in [3.05, 3.63) is 139 Å². The summed E-state index contributed by atoms with van der Waals surface area (Å²) >= 11 is 0. The fraction of sp³-hybridized carbons (Fsp3) is 0.0606. The lowest BCUT2D eigenvalue weighted by Gasteiger charge is -2.26. The van der Waals surface area contributed by atoms with E-state index in [1.165, 1.54) is 11.1 Å². The zero-order valence-corrected chi connectivity index (χ0v) is 20.8. The summed E-state index contributed by atoms with van der Waals surface area (Å²) in [5.74, 6) is 0.862. The van der Waals surface area contributed by atoms with Gasteiger partial charge in [-0.05, 0) is 85.6 Å². The van der Waals surface area contributed by atoms with Gasteiger partial charge in [-0.1, -0.05) is 77.9 Å². The molecule has 0 atom stereocenters. The lowest BCUT2D eigenvalue weighted by Crippen LogP contribution is -2.13. The Bertz CT molecular complexity index is 1410. The molecule has 0 saturated carbocycles. The quantitative estimate of drug-likeness (QED) is 0.178. The molecule has 0 aliphatic carbocycles. The molecule has 182 valence electrons. The van der Waals surface area contributed by atoms with E-state index in [2.05, 4.69) is 91.5 Å². The largest absolute Gasteiger partial charge is 0.519 e. The van der Waals surface area contributed by atoms with Crippen LogP contribution in [0.1, 0.15) is 11.1 Å². The molecule has 4 nitrogen and oxygen atoms in total. The van der Waals surface area contributed by atoms with Gasteiger partial charge in [0.1, 0.15) is 11.5 Å². The van der Waals surface area contributed by atoms with Gasteiger partial charge in [0, 0.05) is 17.1 Å². The number of carbonyl (C=O) groups excluding carboxylic acids is 1. The molecule has 0 bridgehead atoms. The van der Waals surface area contributed by atoms with E-state index in [1.54, 1.807) is 36.4 Å². The summed E-state index contributed by atoms with van der Waals surface area (Å²) in [5, 5.41) is 0. The molecule has 0 heterocycles. The first-order chi connectivity index (χ1) is 18.0. The average molecular weight is 486 g/mol.